The molecule has 1 N–H and O–H groups in total. The minimum Gasteiger partial charge on any atom is -0.496 e. The summed E-state index contributed by atoms with van der Waals surface area (Å²) in [5.41, 5.74) is 0.486. The Morgan fingerprint density at radius 3 is 2.05 bits per heavy atom. The van der Waals surface area contributed by atoms with Gasteiger partial charge in [0.25, 0.3) is 0 Å². The number of ether oxygens (including phenoxy) is 4. The summed E-state index contributed by atoms with van der Waals surface area (Å²) in [6, 6.07) is 3.30. The minimum atomic E-state index is -0.898. The number of methoxy groups -OCH3 is 4. The van der Waals surface area contributed by atoms with Gasteiger partial charge in [0.2, 0.25) is 0 Å². The number of hydrogen-bond acceptors (Lipinski definition) is 6. The van der Waals surface area contributed by atoms with E-state index < -0.39 is 6.10 Å². The molecule has 0 radical (unpaired) electrons. The van der Waals surface area contributed by atoms with Crippen LogP contribution in [0.25, 0.3) is 0 Å². The first-order chi connectivity index (χ1) is 9.57. The molecule has 0 bridgehead atoms. The van der Waals surface area contributed by atoms with Crippen LogP contribution in [0.5, 0.6) is 17.2 Å². The Labute approximate surface area is 118 Å². The molecule has 0 aromatic heterocycles. The Balaban J connectivity index is 3.04. The number of aliphatic hydroxyl groups is 1. The monoisotopic (exact) mass is 284 g/mol. The molecule has 0 spiro atoms. The lowest BCUT2D eigenvalue weighted by Crippen LogP contribution is -2.08. The summed E-state index contributed by atoms with van der Waals surface area (Å²) in [5.74, 6) is 1.07. The number of aliphatic hydroxyl groups excluding tert-OH is 1. The fourth-order valence-electron chi connectivity index (χ4n) is 1.86. The van der Waals surface area contributed by atoms with Gasteiger partial charge in [-0.25, -0.2) is 0 Å². The predicted molar refractivity (Wildman–Crippen MR) is 72.3 cm³/mol. The van der Waals surface area contributed by atoms with E-state index in [-0.39, 0.29) is 18.8 Å². The highest BCUT2D eigenvalue weighted by Gasteiger charge is 2.21. The first kappa shape index (κ1) is 16.1. The van der Waals surface area contributed by atoms with Crippen molar-refractivity contribution >= 4 is 5.97 Å². The molecule has 0 saturated carbocycles. The summed E-state index contributed by atoms with van der Waals surface area (Å²) < 4.78 is 20.2. The van der Waals surface area contributed by atoms with Gasteiger partial charge in [-0.3, -0.25) is 4.79 Å². The Kier molecular flexibility index (Phi) is 6.11. The highest BCUT2D eigenvalue weighted by atomic mass is 16.5. The molecule has 6 nitrogen and oxygen atoms in total. The molecule has 0 amide bonds. The molecule has 0 heterocycles. The highest BCUT2D eigenvalue weighted by Crippen LogP contribution is 2.39. The lowest BCUT2D eigenvalue weighted by molar-refractivity contribution is -0.141. The van der Waals surface area contributed by atoms with Crippen molar-refractivity contribution in [1.29, 1.82) is 0 Å². The summed E-state index contributed by atoms with van der Waals surface area (Å²) in [6.45, 7) is 0. The minimum absolute atomic E-state index is 0.107. The van der Waals surface area contributed by atoms with Crippen molar-refractivity contribution < 1.29 is 28.8 Å². The fourth-order valence-corrected chi connectivity index (χ4v) is 1.86. The third-order valence-corrected chi connectivity index (χ3v) is 2.94. The zero-order valence-electron chi connectivity index (χ0n) is 12.1. The Hall–Kier alpha value is -1.95. The van der Waals surface area contributed by atoms with Gasteiger partial charge in [-0.15, -0.1) is 0 Å². The van der Waals surface area contributed by atoms with Crippen LogP contribution >= 0.6 is 0 Å². The molecule has 0 saturated heterocycles. The van der Waals surface area contributed by atoms with E-state index >= 15 is 0 Å². The molecule has 112 valence electrons. The molecule has 0 fully saturated rings. The average Bonchev–Trinajstić information content (AvgIpc) is 2.50. The van der Waals surface area contributed by atoms with Gasteiger partial charge in [0.05, 0.1) is 40.1 Å². The van der Waals surface area contributed by atoms with E-state index in [1.165, 1.54) is 28.4 Å². The standard InChI is InChI=1S/C14H20O6/c1-17-9-7-11(18-2)14(12(8-9)19-3)10(15)5-6-13(16)20-4/h7-8,10,15H,5-6H2,1-4H3. The predicted octanol–water partition coefficient (Wildman–Crippen LogP) is 1.70. The van der Waals surface area contributed by atoms with Crippen LogP contribution in [-0.4, -0.2) is 39.5 Å². The largest absolute Gasteiger partial charge is 0.496 e. The third kappa shape index (κ3) is 3.77. The smallest absolute Gasteiger partial charge is 0.305 e. The van der Waals surface area contributed by atoms with Crippen molar-refractivity contribution in [3.63, 3.8) is 0 Å². The highest BCUT2D eigenvalue weighted by molar-refractivity contribution is 5.69. The van der Waals surface area contributed by atoms with Crippen LogP contribution in [0.4, 0.5) is 0 Å². The maximum absolute atomic E-state index is 11.1. The zero-order valence-corrected chi connectivity index (χ0v) is 12.1. The van der Waals surface area contributed by atoms with Crippen LogP contribution in [0.2, 0.25) is 0 Å². The second kappa shape index (κ2) is 7.59. The van der Waals surface area contributed by atoms with Gasteiger partial charge in [-0.2, -0.15) is 0 Å². The SMILES string of the molecule is COC(=O)CCC(O)c1c(OC)cc(OC)cc1OC. The Bertz CT molecular complexity index is 432. The van der Waals surface area contributed by atoms with Crippen molar-refractivity contribution in [2.24, 2.45) is 0 Å². The van der Waals surface area contributed by atoms with Gasteiger partial charge < -0.3 is 24.1 Å². The second-order valence-corrected chi connectivity index (χ2v) is 4.08. The van der Waals surface area contributed by atoms with Crippen LogP contribution in [0.3, 0.4) is 0 Å². The molecule has 1 aromatic carbocycles. The van der Waals surface area contributed by atoms with Crippen molar-refractivity contribution in [3.05, 3.63) is 17.7 Å². The van der Waals surface area contributed by atoms with Crippen LogP contribution < -0.4 is 14.2 Å². The Morgan fingerprint density at radius 1 is 1.10 bits per heavy atom. The number of carbonyl (C=O) groups is 1. The zero-order chi connectivity index (χ0) is 15.1. The summed E-state index contributed by atoms with van der Waals surface area (Å²) in [4.78, 5) is 11.1. The molecule has 0 aliphatic carbocycles. The van der Waals surface area contributed by atoms with Gasteiger partial charge in [0, 0.05) is 18.6 Å². The maximum Gasteiger partial charge on any atom is 0.305 e. The lowest BCUT2D eigenvalue weighted by atomic mass is 10.0. The topological polar surface area (TPSA) is 74.2 Å². The van der Waals surface area contributed by atoms with Crippen molar-refractivity contribution in [3.8, 4) is 17.2 Å². The third-order valence-electron chi connectivity index (χ3n) is 2.94. The van der Waals surface area contributed by atoms with Gasteiger partial charge >= 0.3 is 5.97 Å². The lowest BCUT2D eigenvalue weighted by Gasteiger charge is -2.19. The summed E-state index contributed by atoms with van der Waals surface area (Å²) in [7, 11) is 5.82. The van der Waals surface area contributed by atoms with Crippen LogP contribution in [0.1, 0.15) is 24.5 Å². The van der Waals surface area contributed by atoms with Gasteiger partial charge in [-0.1, -0.05) is 0 Å². The van der Waals surface area contributed by atoms with Crippen molar-refractivity contribution in [2.45, 2.75) is 18.9 Å². The first-order valence-electron chi connectivity index (χ1n) is 6.12. The quantitative estimate of drug-likeness (QED) is 0.768. The Morgan fingerprint density at radius 2 is 1.65 bits per heavy atom. The summed E-state index contributed by atoms with van der Waals surface area (Å²) in [6.07, 6.45) is -0.577. The molecule has 1 atom stereocenters. The van der Waals surface area contributed by atoms with Gasteiger partial charge in [0.15, 0.2) is 0 Å². The van der Waals surface area contributed by atoms with Crippen LogP contribution in [0.15, 0.2) is 12.1 Å². The van der Waals surface area contributed by atoms with E-state index in [1.807, 2.05) is 0 Å². The van der Waals surface area contributed by atoms with E-state index in [1.54, 1.807) is 12.1 Å². The molecule has 6 heteroatoms. The molecule has 20 heavy (non-hydrogen) atoms. The normalized spacial score (nSPS) is 11.7. The average molecular weight is 284 g/mol. The van der Waals surface area contributed by atoms with Crippen molar-refractivity contribution in [2.75, 3.05) is 28.4 Å². The molecule has 1 unspecified atom stereocenters. The number of hydrogen-bond donors (Lipinski definition) is 1. The van der Waals surface area contributed by atoms with E-state index in [2.05, 4.69) is 4.74 Å². The summed E-state index contributed by atoms with van der Waals surface area (Å²) in [5, 5.41) is 10.2. The molecule has 0 aliphatic heterocycles. The maximum atomic E-state index is 11.1. The first-order valence-corrected chi connectivity index (χ1v) is 6.12. The van der Waals surface area contributed by atoms with E-state index in [0.29, 0.717) is 22.8 Å². The molecule has 1 rings (SSSR count). The number of rotatable bonds is 7. The number of benzene rings is 1. The van der Waals surface area contributed by atoms with E-state index in [0.717, 1.165) is 0 Å². The van der Waals surface area contributed by atoms with Gasteiger partial charge in [0.1, 0.15) is 17.2 Å². The van der Waals surface area contributed by atoms with Crippen LogP contribution in [0, 0.1) is 0 Å². The van der Waals surface area contributed by atoms with Crippen LogP contribution in [-0.2, 0) is 9.53 Å². The molecular formula is C14H20O6. The number of esters is 1. The van der Waals surface area contributed by atoms with Gasteiger partial charge in [-0.05, 0) is 6.42 Å². The molecule has 1 aromatic rings. The van der Waals surface area contributed by atoms with E-state index in [9.17, 15) is 9.90 Å². The fraction of sp³-hybridized carbons (Fsp3) is 0.500. The van der Waals surface area contributed by atoms with E-state index in [4.69, 9.17) is 14.2 Å². The van der Waals surface area contributed by atoms with Crippen molar-refractivity contribution in [1.82, 2.24) is 0 Å². The summed E-state index contributed by atoms with van der Waals surface area (Å²) >= 11 is 0. The second-order valence-electron chi connectivity index (χ2n) is 4.08. The molecule has 0 aliphatic rings. The molecular weight excluding hydrogens is 264 g/mol. The number of carbonyl (C=O) groups excluding carboxylic acids is 1.